The Morgan fingerprint density at radius 1 is 1.06 bits per heavy atom. The van der Waals surface area contributed by atoms with Crippen molar-refractivity contribution in [3.8, 4) is 0 Å². The van der Waals surface area contributed by atoms with Gasteiger partial charge in [0.25, 0.3) is 0 Å². The molecule has 0 saturated heterocycles. The quantitative estimate of drug-likeness (QED) is 0.390. The van der Waals surface area contributed by atoms with Crippen LogP contribution in [0.15, 0.2) is 60.8 Å². The van der Waals surface area contributed by atoms with Crippen molar-refractivity contribution in [1.29, 1.82) is 0 Å². The Kier molecular flexibility index (Phi) is 8.28. The van der Waals surface area contributed by atoms with E-state index in [0.29, 0.717) is 34.7 Å². The van der Waals surface area contributed by atoms with E-state index in [1.54, 1.807) is 43.3 Å². The number of nitrogens with one attached hydrogen (secondary N) is 2. The Morgan fingerprint density at radius 2 is 1.79 bits per heavy atom. The predicted octanol–water partition coefficient (Wildman–Crippen LogP) is 5.80. The number of carbonyl (C=O) groups excluding carboxylic acids is 1. The number of amides is 1. The maximum Gasteiger partial charge on any atom is 0.433 e. The smallest absolute Gasteiger partial charge is 0.358 e. The third-order valence-corrected chi connectivity index (χ3v) is 5.77. The van der Waals surface area contributed by atoms with Crippen LogP contribution in [0.25, 0.3) is 0 Å². The number of aryl methyl sites for hydroxylation is 1. The third kappa shape index (κ3) is 6.33. The minimum atomic E-state index is -4.54. The second-order valence-corrected chi connectivity index (χ2v) is 8.32. The minimum Gasteiger partial charge on any atom is -0.358 e. The summed E-state index contributed by atoms with van der Waals surface area (Å²) in [6, 6.07) is 13.2. The molecule has 180 valence electrons. The van der Waals surface area contributed by atoms with Crippen molar-refractivity contribution in [3.63, 3.8) is 0 Å². The van der Waals surface area contributed by atoms with Gasteiger partial charge in [-0.15, -0.1) is 0 Å². The van der Waals surface area contributed by atoms with E-state index in [1.807, 2.05) is 0 Å². The van der Waals surface area contributed by atoms with Crippen LogP contribution in [-0.4, -0.2) is 24.5 Å². The molecule has 0 aliphatic carbocycles. The molecule has 2 aromatic carbocycles. The summed E-state index contributed by atoms with van der Waals surface area (Å²) >= 11 is 6.08. The molecule has 9 heteroatoms. The Morgan fingerprint density at radius 3 is 2.38 bits per heavy atom. The highest BCUT2D eigenvalue weighted by molar-refractivity contribution is 6.30. The zero-order chi connectivity index (χ0) is 24.9. The van der Waals surface area contributed by atoms with Crippen LogP contribution >= 0.6 is 11.6 Å². The van der Waals surface area contributed by atoms with Gasteiger partial charge in [-0.25, -0.2) is 4.39 Å². The molecule has 1 amide bonds. The summed E-state index contributed by atoms with van der Waals surface area (Å²) in [6.45, 7) is 1.96. The molecule has 0 aliphatic heterocycles. The van der Waals surface area contributed by atoms with Gasteiger partial charge in [-0.05, 0) is 66.4 Å². The highest BCUT2D eigenvalue weighted by atomic mass is 35.5. The van der Waals surface area contributed by atoms with Crippen molar-refractivity contribution in [2.75, 3.05) is 13.6 Å². The van der Waals surface area contributed by atoms with Crippen LogP contribution in [0.1, 0.15) is 46.3 Å². The number of aromatic nitrogens is 1. The van der Waals surface area contributed by atoms with Crippen LogP contribution in [-0.2, 0) is 11.0 Å². The molecular weight excluding hydrogens is 470 g/mol. The molecule has 1 aromatic heterocycles. The Balaban J connectivity index is 1.86. The highest BCUT2D eigenvalue weighted by Gasteiger charge is 2.32. The molecule has 0 unspecified atom stereocenters. The largest absolute Gasteiger partial charge is 0.433 e. The average Bonchev–Trinajstić information content (AvgIpc) is 2.80. The number of halogens is 5. The van der Waals surface area contributed by atoms with Gasteiger partial charge in [0.05, 0.1) is 0 Å². The highest BCUT2D eigenvalue weighted by Crippen LogP contribution is 2.32. The van der Waals surface area contributed by atoms with E-state index in [-0.39, 0.29) is 17.6 Å². The molecule has 4 nitrogen and oxygen atoms in total. The monoisotopic (exact) mass is 493 g/mol. The number of nitrogens with zero attached hydrogens (tertiary/aromatic N) is 1. The summed E-state index contributed by atoms with van der Waals surface area (Å²) < 4.78 is 52.8. The summed E-state index contributed by atoms with van der Waals surface area (Å²) in [7, 11) is 1.53. The number of hydrogen-bond acceptors (Lipinski definition) is 3. The SMILES string of the molecule is CNC(=O)[C@@H](NCC[C@@H](c1ccc(C(F)(F)F)nc1)c1ccc(F)c(C)c1)c1cccc(Cl)c1. The summed E-state index contributed by atoms with van der Waals surface area (Å²) in [5, 5.41) is 6.31. The van der Waals surface area contributed by atoms with E-state index in [2.05, 4.69) is 15.6 Å². The summed E-state index contributed by atoms with van der Waals surface area (Å²) in [5.74, 6) is -0.995. The number of pyridine rings is 1. The van der Waals surface area contributed by atoms with Crippen LogP contribution in [0.4, 0.5) is 17.6 Å². The third-order valence-electron chi connectivity index (χ3n) is 5.54. The molecular formula is C25H24ClF4N3O. The maximum absolute atomic E-state index is 13.8. The lowest BCUT2D eigenvalue weighted by atomic mass is 9.88. The predicted molar refractivity (Wildman–Crippen MR) is 123 cm³/mol. The zero-order valence-electron chi connectivity index (χ0n) is 18.6. The Hall–Kier alpha value is -2.97. The fourth-order valence-corrected chi connectivity index (χ4v) is 3.95. The molecule has 2 atom stereocenters. The van der Waals surface area contributed by atoms with Gasteiger partial charge in [0.1, 0.15) is 17.6 Å². The average molecular weight is 494 g/mol. The molecule has 0 bridgehead atoms. The fraction of sp³-hybridized carbons (Fsp3) is 0.280. The molecule has 0 saturated carbocycles. The van der Waals surface area contributed by atoms with E-state index in [9.17, 15) is 22.4 Å². The maximum atomic E-state index is 13.8. The Bertz CT molecular complexity index is 1140. The molecule has 34 heavy (non-hydrogen) atoms. The van der Waals surface area contributed by atoms with Gasteiger partial charge < -0.3 is 10.6 Å². The number of benzene rings is 2. The second kappa shape index (κ2) is 11.0. The molecule has 0 fully saturated rings. The molecule has 0 spiro atoms. The first-order valence-electron chi connectivity index (χ1n) is 10.6. The number of rotatable bonds is 8. The van der Waals surface area contributed by atoms with Crippen molar-refractivity contribution < 1.29 is 22.4 Å². The van der Waals surface area contributed by atoms with E-state index in [1.165, 1.54) is 25.4 Å². The molecule has 3 aromatic rings. The van der Waals surface area contributed by atoms with Crippen molar-refractivity contribution in [2.45, 2.75) is 31.5 Å². The van der Waals surface area contributed by atoms with Gasteiger partial charge in [-0.1, -0.05) is 41.9 Å². The number of likely N-dealkylation sites (N-methyl/N-ethyl adjacent to an activating group) is 1. The molecule has 1 heterocycles. The number of carbonyl (C=O) groups is 1. The van der Waals surface area contributed by atoms with Crippen LogP contribution in [0, 0.1) is 12.7 Å². The number of hydrogen-bond donors (Lipinski definition) is 2. The van der Waals surface area contributed by atoms with Gasteiger partial charge in [-0.2, -0.15) is 13.2 Å². The van der Waals surface area contributed by atoms with Crippen LogP contribution < -0.4 is 10.6 Å². The second-order valence-electron chi connectivity index (χ2n) is 7.88. The Labute approximate surface area is 200 Å². The molecule has 2 N–H and O–H groups in total. The van der Waals surface area contributed by atoms with E-state index >= 15 is 0 Å². The molecule has 3 rings (SSSR count). The lowest BCUT2D eigenvalue weighted by Crippen LogP contribution is -2.36. The van der Waals surface area contributed by atoms with Gasteiger partial charge in [-0.3, -0.25) is 9.78 Å². The first kappa shape index (κ1) is 25.6. The van der Waals surface area contributed by atoms with E-state index < -0.39 is 17.9 Å². The molecule has 0 aliphatic rings. The normalized spacial score (nSPS) is 13.4. The van der Waals surface area contributed by atoms with E-state index in [0.717, 1.165) is 11.6 Å². The number of alkyl halides is 3. The van der Waals surface area contributed by atoms with Gasteiger partial charge in [0, 0.05) is 24.2 Å². The first-order valence-corrected chi connectivity index (χ1v) is 11.0. The minimum absolute atomic E-state index is 0.257. The van der Waals surface area contributed by atoms with Gasteiger partial charge in [0.2, 0.25) is 5.91 Å². The van der Waals surface area contributed by atoms with Crippen molar-refractivity contribution >= 4 is 17.5 Å². The van der Waals surface area contributed by atoms with E-state index in [4.69, 9.17) is 11.6 Å². The zero-order valence-corrected chi connectivity index (χ0v) is 19.3. The van der Waals surface area contributed by atoms with Crippen molar-refractivity contribution in [2.24, 2.45) is 0 Å². The van der Waals surface area contributed by atoms with Gasteiger partial charge >= 0.3 is 6.18 Å². The van der Waals surface area contributed by atoms with Crippen LogP contribution in [0.3, 0.4) is 0 Å². The molecule has 0 radical (unpaired) electrons. The summed E-state index contributed by atoms with van der Waals surface area (Å²) in [5.41, 5.74) is 1.42. The van der Waals surface area contributed by atoms with Crippen molar-refractivity contribution in [3.05, 3.63) is 99.6 Å². The fourth-order valence-electron chi connectivity index (χ4n) is 3.75. The summed E-state index contributed by atoms with van der Waals surface area (Å²) in [4.78, 5) is 16.1. The van der Waals surface area contributed by atoms with Gasteiger partial charge in [0.15, 0.2) is 0 Å². The standard InChI is InChI=1S/C25H24ClF4N3O/c1-15-12-16(6-8-21(15)27)20(18-7-9-22(33-14-18)25(28,29)30)10-11-32-23(24(34)31-2)17-4-3-5-19(26)13-17/h3-9,12-14,20,23,32H,10-11H2,1-2H3,(H,31,34)/t20-,23+/m1/s1. The van der Waals surface area contributed by atoms with Crippen LogP contribution in [0.2, 0.25) is 5.02 Å². The summed E-state index contributed by atoms with van der Waals surface area (Å²) in [6.07, 6.45) is -2.93. The van der Waals surface area contributed by atoms with Crippen LogP contribution in [0.5, 0.6) is 0 Å². The lowest BCUT2D eigenvalue weighted by molar-refractivity contribution is -0.141. The first-order chi connectivity index (χ1) is 16.1. The topological polar surface area (TPSA) is 54.0 Å². The lowest BCUT2D eigenvalue weighted by Gasteiger charge is -2.22. The van der Waals surface area contributed by atoms with Crippen molar-refractivity contribution in [1.82, 2.24) is 15.6 Å².